The number of carbonyl (C=O) groups is 4. The minimum Gasteiger partial charge on any atom is -0.477 e. The van der Waals surface area contributed by atoms with E-state index in [1.165, 1.54) is 21.6 Å². The van der Waals surface area contributed by atoms with E-state index >= 15 is 0 Å². The summed E-state index contributed by atoms with van der Waals surface area (Å²) in [5.74, 6) is 3.23. The zero-order valence-corrected chi connectivity index (χ0v) is 23.8. The summed E-state index contributed by atoms with van der Waals surface area (Å²) in [6, 6.07) is -1.17. The van der Waals surface area contributed by atoms with Gasteiger partial charge in [-0.1, -0.05) is 27.7 Å². The maximum Gasteiger partial charge on any atom is 0.353 e. The Balaban J connectivity index is 1.66. The van der Waals surface area contributed by atoms with E-state index in [1.54, 1.807) is 21.0 Å². The number of carboxylic acids is 1. The number of hydrazine groups is 1. The van der Waals surface area contributed by atoms with Crippen molar-refractivity contribution in [2.45, 2.75) is 64.4 Å². The van der Waals surface area contributed by atoms with Crippen LogP contribution in [0.1, 0.15) is 41.0 Å². The molecule has 6 atom stereocenters. The van der Waals surface area contributed by atoms with Crippen molar-refractivity contribution in [1.29, 1.82) is 0 Å². The molecule has 212 valence electrons. The molecule has 0 aromatic carbocycles. The van der Waals surface area contributed by atoms with Crippen molar-refractivity contribution >= 4 is 41.3 Å². The van der Waals surface area contributed by atoms with Gasteiger partial charge in [-0.15, -0.1) is 11.8 Å². The Morgan fingerprint density at radius 3 is 2.53 bits per heavy atom. The molecule has 3 rings (SSSR count). The fraction of sp³-hybridized carbons (Fsp3) is 0.708. The third kappa shape index (κ3) is 5.91. The van der Waals surface area contributed by atoms with Gasteiger partial charge in [0.25, 0.3) is 0 Å². The Labute approximate surface area is 227 Å². The number of nitrogens with two attached hydrogens (primary N) is 1. The van der Waals surface area contributed by atoms with E-state index in [9.17, 15) is 24.3 Å². The lowest BCUT2D eigenvalue weighted by Crippen LogP contribution is -2.66. The predicted molar refractivity (Wildman–Crippen MR) is 144 cm³/mol. The first-order chi connectivity index (χ1) is 17.7. The molecule has 0 aliphatic carbocycles. The maximum atomic E-state index is 13.2. The predicted octanol–water partition coefficient (Wildman–Crippen LogP) is -0.772. The van der Waals surface area contributed by atoms with Crippen molar-refractivity contribution < 1.29 is 24.3 Å². The van der Waals surface area contributed by atoms with Gasteiger partial charge in [0.05, 0.1) is 24.5 Å². The van der Waals surface area contributed by atoms with Gasteiger partial charge in [-0.25, -0.2) is 16.2 Å². The molecular formula is C24H40N8O5S. The highest BCUT2D eigenvalue weighted by Crippen LogP contribution is 2.51. The van der Waals surface area contributed by atoms with Gasteiger partial charge in [-0.3, -0.25) is 14.4 Å². The molecule has 7 N–H and O–H groups in total. The van der Waals surface area contributed by atoms with Gasteiger partial charge < -0.3 is 30.9 Å². The number of likely N-dealkylation sites (N-methyl/N-ethyl adjacent to an activating group) is 1. The highest BCUT2D eigenvalue weighted by Gasteiger charge is 2.60. The highest BCUT2D eigenvalue weighted by atomic mass is 32.2. The Morgan fingerprint density at radius 2 is 1.97 bits per heavy atom. The number of hydrogen-bond acceptors (Lipinski definition) is 9. The molecule has 0 aromatic heterocycles. The van der Waals surface area contributed by atoms with Gasteiger partial charge in [0, 0.05) is 48.2 Å². The molecule has 0 saturated carbocycles. The summed E-state index contributed by atoms with van der Waals surface area (Å²) in [5, 5.41) is 23.0. The van der Waals surface area contributed by atoms with Gasteiger partial charge >= 0.3 is 5.97 Å². The third-order valence-electron chi connectivity index (χ3n) is 7.14. The number of nitrogens with one attached hydrogen (secondary N) is 4. The van der Waals surface area contributed by atoms with Crippen LogP contribution in [0.2, 0.25) is 0 Å². The van der Waals surface area contributed by atoms with E-state index < -0.39 is 17.9 Å². The standard InChI is InChI=1S/C24H40N8O5S/c1-11-17-16(12(2)28-15(33)10-27-23(29-30-25)24(3,4)5)21(35)32(17)18(22(36)37)19(11)38-13-8-14(26-9-13)20(34)31(6)7/h11-14,16-17,26,30H,8-10,25H2,1-7H3,(H,27,29)(H,28,33)(H,36,37)/t11-,12?,13?,14?,16?,17-/m1/s1. The van der Waals surface area contributed by atoms with E-state index in [2.05, 4.69) is 26.6 Å². The van der Waals surface area contributed by atoms with Crippen LogP contribution in [0.15, 0.2) is 15.7 Å². The second-order valence-corrected chi connectivity index (χ2v) is 12.6. The average molecular weight is 553 g/mol. The summed E-state index contributed by atoms with van der Waals surface area (Å²) in [7, 11) is 3.41. The van der Waals surface area contributed by atoms with Gasteiger partial charge in [-0.05, 0) is 13.3 Å². The molecular weight excluding hydrogens is 512 g/mol. The summed E-state index contributed by atoms with van der Waals surface area (Å²) >= 11 is 1.43. The van der Waals surface area contributed by atoms with Crippen LogP contribution in [0, 0.1) is 17.3 Å². The lowest BCUT2D eigenvalue weighted by Gasteiger charge is -2.47. The highest BCUT2D eigenvalue weighted by molar-refractivity contribution is 8.03. The van der Waals surface area contributed by atoms with Crippen molar-refractivity contribution in [3.63, 3.8) is 0 Å². The number of amides is 3. The van der Waals surface area contributed by atoms with Gasteiger partial charge in [-0.2, -0.15) is 5.10 Å². The molecule has 3 heterocycles. The molecule has 3 aliphatic rings. The second kappa shape index (κ2) is 11.5. The first-order valence-electron chi connectivity index (χ1n) is 12.7. The van der Waals surface area contributed by atoms with E-state index in [1.807, 2.05) is 27.7 Å². The summed E-state index contributed by atoms with van der Waals surface area (Å²) in [6.45, 7) is 9.95. The molecule has 0 spiro atoms. The molecule has 13 nitrogen and oxygen atoms in total. The van der Waals surface area contributed by atoms with Crippen molar-refractivity contribution in [2.75, 3.05) is 27.2 Å². The number of rotatable bonds is 9. The topological polar surface area (TPSA) is 181 Å². The smallest absolute Gasteiger partial charge is 0.353 e. The van der Waals surface area contributed by atoms with Crippen molar-refractivity contribution in [3.8, 4) is 0 Å². The second-order valence-electron chi connectivity index (χ2n) is 11.2. The number of amidine groups is 1. The Morgan fingerprint density at radius 1 is 1.32 bits per heavy atom. The molecule has 38 heavy (non-hydrogen) atoms. The van der Waals surface area contributed by atoms with Crippen LogP contribution in [0.4, 0.5) is 0 Å². The number of carbonyl (C=O) groups excluding carboxylic acids is 3. The first kappa shape index (κ1) is 29.7. The molecule has 3 amide bonds. The van der Waals surface area contributed by atoms with Crippen LogP contribution in [-0.4, -0.2) is 95.0 Å². The third-order valence-corrected chi connectivity index (χ3v) is 8.66. The van der Waals surface area contributed by atoms with Crippen molar-refractivity contribution in [3.05, 3.63) is 10.6 Å². The zero-order valence-electron chi connectivity index (χ0n) is 23.0. The average Bonchev–Trinajstić information content (AvgIpc) is 3.37. The Bertz CT molecular complexity index is 1040. The number of carboxylic acid groups (broad SMARTS) is 1. The summed E-state index contributed by atoms with van der Waals surface area (Å²) < 4.78 is 0. The van der Waals surface area contributed by atoms with Gasteiger partial charge in [0.1, 0.15) is 11.5 Å². The van der Waals surface area contributed by atoms with Crippen LogP contribution in [-0.2, 0) is 19.2 Å². The molecule has 4 unspecified atom stereocenters. The van der Waals surface area contributed by atoms with Crippen LogP contribution >= 0.6 is 11.8 Å². The molecule has 0 aromatic rings. The number of nitrogens with zero attached hydrogens (tertiary/aromatic N) is 3. The quantitative estimate of drug-likeness (QED) is 0.0698. The molecule has 0 radical (unpaired) electrons. The van der Waals surface area contributed by atoms with E-state index in [4.69, 9.17) is 5.84 Å². The van der Waals surface area contributed by atoms with Crippen LogP contribution < -0.4 is 27.3 Å². The van der Waals surface area contributed by atoms with Crippen molar-refractivity contribution in [1.82, 2.24) is 31.3 Å². The fourth-order valence-corrected chi connectivity index (χ4v) is 6.74. The monoisotopic (exact) mass is 552 g/mol. The number of fused-ring (bicyclic) bond motifs is 1. The minimum absolute atomic E-state index is 0.00726. The first-order valence-corrected chi connectivity index (χ1v) is 13.6. The van der Waals surface area contributed by atoms with Crippen LogP contribution in [0.3, 0.4) is 0 Å². The SMILES string of the molecule is CC(NC(=O)CN/C(=N\NN)C(C)(C)C)C1C(=O)N2C(C(=O)O)=C(SC3CNC(C(=O)N(C)C)C3)[C@H](C)[C@H]12. The van der Waals surface area contributed by atoms with E-state index in [0.717, 1.165) is 0 Å². The van der Waals surface area contributed by atoms with Gasteiger partial charge in [0.2, 0.25) is 17.7 Å². The van der Waals surface area contributed by atoms with Crippen molar-refractivity contribution in [2.24, 2.45) is 28.2 Å². The molecule has 14 heteroatoms. The fourth-order valence-electron chi connectivity index (χ4n) is 5.26. The lowest BCUT2D eigenvalue weighted by atomic mass is 9.78. The molecule has 2 saturated heterocycles. The number of β-lactam (4-membered cyclic amide) rings is 1. The largest absolute Gasteiger partial charge is 0.477 e. The molecule has 3 aliphatic heterocycles. The molecule has 0 bridgehead atoms. The lowest BCUT2D eigenvalue weighted by molar-refractivity contribution is -0.158. The van der Waals surface area contributed by atoms with Crippen LogP contribution in [0.5, 0.6) is 0 Å². The molecule has 2 fully saturated rings. The zero-order chi connectivity index (χ0) is 28.5. The summed E-state index contributed by atoms with van der Waals surface area (Å²) in [5.41, 5.74) is 1.87. The Kier molecular flexibility index (Phi) is 8.99. The van der Waals surface area contributed by atoms with E-state index in [0.29, 0.717) is 23.7 Å². The number of aliphatic carboxylic acids is 1. The summed E-state index contributed by atoms with van der Waals surface area (Å²) in [4.78, 5) is 53.9. The number of hydrazone groups is 1. The Hall–Kier alpha value is -2.84. The summed E-state index contributed by atoms with van der Waals surface area (Å²) in [6.07, 6.45) is 0.575. The number of thioether (sulfide) groups is 1. The van der Waals surface area contributed by atoms with E-state index in [-0.39, 0.29) is 58.6 Å². The van der Waals surface area contributed by atoms with Gasteiger partial charge in [0.15, 0.2) is 0 Å². The van der Waals surface area contributed by atoms with Crippen LogP contribution in [0.25, 0.3) is 0 Å². The number of hydrogen-bond donors (Lipinski definition) is 6. The normalized spacial score (nSPS) is 28.0. The minimum atomic E-state index is -1.15. The maximum absolute atomic E-state index is 13.2.